The van der Waals surface area contributed by atoms with E-state index in [4.69, 9.17) is 0 Å². The van der Waals surface area contributed by atoms with E-state index in [2.05, 4.69) is 5.32 Å². The van der Waals surface area contributed by atoms with Crippen molar-refractivity contribution in [3.05, 3.63) is 39.7 Å². The Morgan fingerprint density at radius 2 is 2.21 bits per heavy atom. The second kappa shape index (κ2) is 4.93. The van der Waals surface area contributed by atoms with Crippen LogP contribution in [0.2, 0.25) is 0 Å². The number of carbonyl (C=O) groups excluding carboxylic acids is 1. The second-order valence-electron chi connectivity index (χ2n) is 4.67. The molecule has 1 fully saturated rings. The molecule has 0 saturated heterocycles. The average Bonchev–Trinajstić information content (AvgIpc) is 2.33. The van der Waals surface area contributed by atoms with Crippen LogP contribution in [0.4, 0.5) is 10.1 Å². The van der Waals surface area contributed by atoms with Gasteiger partial charge in [-0.15, -0.1) is 0 Å². The van der Waals surface area contributed by atoms with Gasteiger partial charge in [-0.05, 0) is 31.4 Å². The summed E-state index contributed by atoms with van der Waals surface area (Å²) in [7, 11) is 0. The maximum absolute atomic E-state index is 13.2. The number of benzene rings is 1. The molecule has 102 valence electrons. The summed E-state index contributed by atoms with van der Waals surface area (Å²) in [6.07, 6.45) is 2.24. The lowest BCUT2D eigenvalue weighted by molar-refractivity contribution is -0.387. The van der Waals surface area contributed by atoms with Crippen LogP contribution in [-0.2, 0) is 0 Å². The van der Waals surface area contributed by atoms with E-state index >= 15 is 0 Å². The van der Waals surface area contributed by atoms with E-state index in [0.29, 0.717) is 12.8 Å². The number of nitrogens with one attached hydrogen (secondary N) is 1. The van der Waals surface area contributed by atoms with Gasteiger partial charge in [0.25, 0.3) is 5.91 Å². The lowest BCUT2D eigenvalue weighted by atomic mass is 9.77. The summed E-state index contributed by atoms with van der Waals surface area (Å²) < 4.78 is 13.2. The average molecular weight is 268 g/mol. The highest BCUT2D eigenvalue weighted by atomic mass is 19.1. The number of aliphatic hydroxyl groups is 1. The summed E-state index contributed by atoms with van der Waals surface area (Å²) in [5.41, 5.74) is -1.37. The van der Waals surface area contributed by atoms with E-state index in [9.17, 15) is 24.4 Å². The lowest BCUT2D eigenvalue weighted by Gasteiger charge is -2.40. The summed E-state index contributed by atoms with van der Waals surface area (Å²) >= 11 is 0. The second-order valence-corrected chi connectivity index (χ2v) is 4.67. The summed E-state index contributed by atoms with van der Waals surface area (Å²) in [6.45, 7) is -0.179. The number of amides is 1. The molecule has 19 heavy (non-hydrogen) atoms. The molecule has 1 aromatic rings. The number of nitro benzene ring substituents is 1. The topological polar surface area (TPSA) is 92.5 Å². The third-order valence-electron chi connectivity index (χ3n) is 3.40. The Hall–Kier alpha value is -2.02. The Morgan fingerprint density at radius 3 is 2.68 bits per heavy atom. The van der Waals surface area contributed by atoms with Crippen molar-refractivity contribution in [2.45, 2.75) is 24.8 Å². The van der Waals surface area contributed by atoms with Gasteiger partial charge < -0.3 is 10.4 Å². The fourth-order valence-corrected chi connectivity index (χ4v) is 2.03. The first-order valence-corrected chi connectivity index (χ1v) is 5.85. The molecule has 0 aromatic heterocycles. The zero-order valence-electron chi connectivity index (χ0n) is 10.1. The Morgan fingerprint density at radius 1 is 1.53 bits per heavy atom. The molecule has 0 atom stereocenters. The number of halogens is 1. The summed E-state index contributed by atoms with van der Waals surface area (Å²) in [5, 5.41) is 22.5. The van der Waals surface area contributed by atoms with Crippen LogP contribution in [-0.4, -0.2) is 28.1 Å². The van der Waals surface area contributed by atoms with Crippen LogP contribution in [0.3, 0.4) is 0 Å². The summed E-state index contributed by atoms with van der Waals surface area (Å²) in [5.74, 6) is -1.53. The van der Waals surface area contributed by atoms with Crippen LogP contribution in [0.15, 0.2) is 18.2 Å². The van der Waals surface area contributed by atoms with Crippen LogP contribution in [0, 0.1) is 15.9 Å². The maximum atomic E-state index is 13.2. The van der Waals surface area contributed by atoms with Crippen molar-refractivity contribution >= 4 is 11.6 Å². The maximum Gasteiger partial charge on any atom is 0.305 e. The van der Waals surface area contributed by atoms with Crippen molar-refractivity contribution in [3.8, 4) is 0 Å². The number of nitro groups is 1. The van der Waals surface area contributed by atoms with E-state index in [-0.39, 0.29) is 12.2 Å². The van der Waals surface area contributed by atoms with E-state index in [0.717, 1.165) is 18.6 Å². The van der Waals surface area contributed by atoms with E-state index < -0.39 is 27.9 Å². The molecule has 1 aliphatic rings. The predicted octanol–water partition coefficient (Wildman–Crippen LogP) is 1.38. The number of rotatable bonds is 4. The minimum atomic E-state index is -0.984. The van der Waals surface area contributed by atoms with Crippen LogP contribution in [0.5, 0.6) is 0 Å². The van der Waals surface area contributed by atoms with Gasteiger partial charge in [0, 0.05) is 11.6 Å². The highest BCUT2D eigenvalue weighted by Crippen LogP contribution is 2.31. The van der Waals surface area contributed by atoms with Gasteiger partial charge in [0.15, 0.2) is 0 Å². The van der Waals surface area contributed by atoms with Crippen LogP contribution in [0.25, 0.3) is 0 Å². The Kier molecular flexibility index (Phi) is 3.48. The first kappa shape index (κ1) is 13.4. The molecular formula is C12H13FN2O4. The van der Waals surface area contributed by atoms with Gasteiger partial charge in [0.1, 0.15) is 0 Å². The first-order valence-electron chi connectivity index (χ1n) is 5.85. The molecule has 2 N–H and O–H groups in total. The summed E-state index contributed by atoms with van der Waals surface area (Å²) in [4.78, 5) is 21.7. The minimum absolute atomic E-state index is 0.00725. The molecule has 1 saturated carbocycles. The molecule has 7 heteroatoms. The number of hydrogen-bond acceptors (Lipinski definition) is 4. The van der Waals surface area contributed by atoms with E-state index in [1.807, 2.05) is 0 Å². The van der Waals surface area contributed by atoms with Crippen molar-refractivity contribution in [3.63, 3.8) is 0 Å². The van der Waals surface area contributed by atoms with E-state index in [1.54, 1.807) is 0 Å². The Labute approximate surface area is 108 Å². The standard InChI is InChI=1S/C12H13FN2O4/c13-9-3-2-8(6-10(9)15(18)19)11(17)14-12(7-16)4-1-5-12/h2-3,6,16H,1,4-5,7H2,(H,14,17). The lowest BCUT2D eigenvalue weighted by Crippen LogP contribution is -2.56. The molecule has 1 amide bonds. The van der Waals surface area contributed by atoms with Gasteiger partial charge in [-0.1, -0.05) is 0 Å². The van der Waals surface area contributed by atoms with Gasteiger partial charge in [0.2, 0.25) is 5.82 Å². The van der Waals surface area contributed by atoms with Crippen LogP contribution < -0.4 is 5.32 Å². The molecule has 0 bridgehead atoms. The highest BCUT2D eigenvalue weighted by molar-refractivity contribution is 5.95. The fourth-order valence-electron chi connectivity index (χ4n) is 2.03. The molecule has 1 aliphatic carbocycles. The fraction of sp³-hybridized carbons (Fsp3) is 0.417. The zero-order chi connectivity index (χ0) is 14.0. The molecular weight excluding hydrogens is 255 g/mol. The van der Waals surface area contributed by atoms with Crippen molar-refractivity contribution in [2.24, 2.45) is 0 Å². The molecule has 0 unspecified atom stereocenters. The Balaban J connectivity index is 2.20. The number of hydrogen-bond donors (Lipinski definition) is 2. The first-order chi connectivity index (χ1) is 8.97. The van der Waals surface area contributed by atoms with Gasteiger partial charge in [0.05, 0.1) is 17.1 Å². The molecule has 0 radical (unpaired) electrons. The smallest absolute Gasteiger partial charge is 0.305 e. The third kappa shape index (κ3) is 2.55. The zero-order valence-corrected chi connectivity index (χ0v) is 10.1. The van der Waals surface area contributed by atoms with E-state index in [1.165, 1.54) is 6.07 Å². The molecule has 0 spiro atoms. The number of aliphatic hydroxyl groups excluding tert-OH is 1. The Bertz CT molecular complexity index is 523. The van der Waals surface area contributed by atoms with Crippen molar-refractivity contribution in [1.29, 1.82) is 0 Å². The van der Waals surface area contributed by atoms with Crippen molar-refractivity contribution < 1.29 is 19.2 Å². The molecule has 2 rings (SSSR count). The van der Waals surface area contributed by atoms with Gasteiger partial charge in [-0.3, -0.25) is 14.9 Å². The van der Waals surface area contributed by atoms with Crippen molar-refractivity contribution in [1.82, 2.24) is 5.32 Å². The molecule has 1 aromatic carbocycles. The quantitative estimate of drug-likeness (QED) is 0.637. The van der Waals surface area contributed by atoms with Crippen molar-refractivity contribution in [2.75, 3.05) is 6.61 Å². The molecule has 0 heterocycles. The largest absolute Gasteiger partial charge is 0.394 e. The predicted molar refractivity (Wildman–Crippen MR) is 64.2 cm³/mol. The van der Waals surface area contributed by atoms with Gasteiger partial charge in [-0.25, -0.2) is 0 Å². The highest BCUT2D eigenvalue weighted by Gasteiger charge is 2.38. The summed E-state index contributed by atoms with van der Waals surface area (Å²) in [6, 6.07) is 2.97. The normalized spacial score (nSPS) is 16.5. The molecule has 6 nitrogen and oxygen atoms in total. The van der Waals surface area contributed by atoms with Gasteiger partial charge >= 0.3 is 5.69 Å². The SMILES string of the molecule is O=C(NC1(CO)CCC1)c1ccc(F)c([N+](=O)[O-])c1. The molecule has 0 aliphatic heterocycles. The van der Waals surface area contributed by atoms with Crippen LogP contribution >= 0.6 is 0 Å². The van der Waals surface area contributed by atoms with Gasteiger partial charge in [-0.2, -0.15) is 4.39 Å². The van der Waals surface area contributed by atoms with Crippen LogP contribution in [0.1, 0.15) is 29.6 Å². The third-order valence-corrected chi connectivity index (χ3v) is 3.40. The minimum Gasteiger partial charge on any atom is -0.394 e. The number of nitrogens with zero attached hydrogens (tertiary/aromatic N) is 1. The monoisotopic (exact) mass is 268 g/mol. The number of carbonyl (C=O) groups is 1.